The minimum Gasteiger partial charge on any atom is -0.367 e. The number of hydrogen-bond acceptors (Lipinski definition) is 1. The van der Waals surface area contributed by atoms with Crippen molar-refractivity contribution in [2.75, 3.05) is 0 Å². The lowest BCUT2D eigenvalue weighted by Crippen LogP contribution is -2.23. The summed E-state index contributed by atoms with van der Waals surface area (Å²) in [6.45, 7) is 9.14. The molecule has 0 saturated heterocycles. The SMILES string of the molecule is CC1CC=C(C(C)OC(C)C2=CCC(C)CC2)CC1. The van der Waals surface area contributed by atoms with Crippen LogP contribution in [-0.2, 0) is 4.74 Å². The first kappa shape index (κ1) is 14.8. The average molecular weight is 262 g/mol. The second-order valence-corrected chi connectivity index (χ2v) is 6.74. The summed E-state index contributed by atoms with van der Waals surface area (Å²) in [7, 11) is 0. The normalized spacial score (nSPS) is 31.4. The highest BCUT2D eigenvalue weighted by molar-refractivity contribution is 5.14. The molecule has 1 nitrogen and oxygen atoms in total. The summed E-state index contributed by atoms with van der Waals surface area (Å²) >= 11 is 0. The van der Waals surface area contributed by atoms with Gasteiger partial charge in [-0.2, -0.15) is 0 Å². The topological polar surface area (TPSA) is 9.23 Å². The molecule has 0 saturated carbocycles. The van der Waals surface area contributed by atoms with E-state index in [0.29, 0.717) is 12.2 Å². The Labute approximate surface area is 119 Å². The summed E-state index contributed by atoms with van der Waals surface area (Å²) in [5.74, 6) is 1.71. The van der Waals surface area contributed by atoms with E-state index in [1.54, 1.807) is 0 Å². The minimum atomic E-state index is 0.294. The molecule has 4 atom stereocenters. The van der Waals surface area contributed by atoms with Gasteiger partial charge in [0.2, 0.25) is 0 Å². The molecule has 0 aliphatic heterocycles. The van der Waals surface area contributed by atoms with Gasteiger partial charge in [-0.05, 0) is 75.4 Å². The molecule has 2 aliphatic rings. The van der Waals surface area contributed by atoms with Crippen molar-refractivity contribution in [3.05, 3.63) is 23.3 Å². The van der Waals surface area contributed by atoms with Gasteiger partial charge in [-0.15, -0.1) is 0 Å². The third kappa shape index (κ3) is 4.21. The molecular weight excluding hydrogens is 232 g/mol. The molecule has 0 amide bonds. The lowest BCUT2D eigenvalue weighted by atomic mass is 9.88. The van der Waals surface area contributed by atoms with Gasteiger partial charge in [0.1, 0.15) is 0 Å². The Hall–Kier alpha value is -0.560. The molecule has 0 spiro atoms. The number of ether oxygens (including phenoxy) is 1. The Morgan fingerprint density at radius 1 is 0.895 bits per heavy atom. The molecule has 0 aromatic heterocycles. The summed E-state index contributed by atoms with van der Waals surface area (Å²) in [5.41, 5.74) is 3.05. The van der Waals surface area contributed by atoms with Gasteiger partial charge in [-0.3, -0.25) is 0 Å². The first-order valence-electron chi connectivity index (χ1n) is 8.09. The van der Waals surface area contributed by atoms with Crippen LogP contribution in [0.4, 0.5) is 0 Å². The summed E-state index contributed by atoms with van der Waals surface area (Å²) in [4.78, 5) is 0. The van der Waals surface area contributed by atoms with Crippen molar-refractivity contribution < 1.29 is 4.74 Å². The van der Waals surface area contributed by atoms with Gasteiger partial charge >= 0.3 is 0 Å². The van der Waals surface area contributed by atoms with Crippen molar-refractivity contribution in [3.8, 4) is 0 Å². The Morgan fingerprint density at radius 2 is 1.32 bits per heavy atom. The van der Waals surface area contributed by atoms with Gasteiger partial charge in [0.25, 0.3) is 0 Å². The second kappa shape index (κ2) is 6.74. The highest BCUT2D eigenvalue weighted by atomic mass is 16.5. The van der Waals surface area contributed by atoms with Crippen molar-refractivity contribution in [2.24, 2.45) is 11.8 Å². The zero-order valence-electron chi connectivity index (χ0n) is 13.1. The number of rotatable bonds is 4. The predicted octanol–water partition coefficient (Wildman–Crippen LogP) is 5.27. The van der Waals surface area contributed by atoms with E-state index >= 15 is 0 Å². The molecule has 0 N–H and O–H groups in total. The van der Waals surface area contributed by atoms with E-state index in [1.165, 1.54) is 49.7 Å². The van der Waals surface area contributed by atoms with E-state index in [9.17, 15) is 0 Å². The van der Waals surface area contributed by atoms with Crippen LogP contribution in [0.15, 0.2) is 23.3 Å². The lowest BCUT2D eigenvalue weighted by molar-refractivity contribution is 0.0430. The van der Waals surface area contributed by atoms with Gasteiger partial charge in [0.05, 0.1) is 12.2 Å². The van der Waals surface area contributed by atoms with Crippen molar-refractivity contribution in [1.82, 2.24) is 0 Å². The third-order valence-electron chi connectivity index (χ3n) is 4.87. The summed E-state index contributed by atoms with van der Waals surface area (Å²) < 4.78 is 6.26. The summed E-state index contributed by atoms with van der Waals surface area (Å²) in [6, 6.07) is 0. The Kier molecular flexibility index (Phi) is 5.27. The van der Waals surface area contributed by atoms with E-state index in [1.807, 2.05) is 0 Å². The van der Waals surface area contributed by atoms with E-state index in [-0.39, 0.29) is 0 Å². The second-order valence-electron chi connectivity index (χ2n) is 6.74. The fourth-order valence-corrected chi connectivity index (χ4v) is 3.19. The van der Waals surface area contributed by atoms with Gasteiger partial charge in [0.15, 0.2) is 0 Å². The fraction of sp³-hybridized carbons (Fsp3) is 0.778. The molecule has 4 unspecified atom stereocenters. The van der Waals surface area contributed by atoms with Crippen molar-refractivity contribution in [1.29, 1.82) is 0 Å². The quantitative estimate of drug-likeness (QED) is 0.627. The van der Waals surface area contributed by atoms with E-state index in [4.69, 9.17) is 4.74 Å². The minimum absolute atomic E-state index is 0.294. The molecule has 2 aliphatic carbocycles. The first-order chi connectivity index (χ1) is 9.06. The maximum Gasteiger partial charge on any atom is 0.0764 e. The molecule has 0 fully saturated rings. The highest BCUT2D eigenvalue weighted by Gasteiger charge is 2.21. The van der Waals surface area contributed by atoms with Crippen LogP contribution in [0.25, 0.3) is 0 Å². The van der Waals surface area contributed by atoms with Crippen LogP contribution in [0.2, 0.25) is 0 Å². The highest BCUT2D eigenvalue weighted by Crippen LogP contribution is 2.30. The van der Waals surface area contributed by atoms with Crippen molar-refractivity contribution >= 4 is 0 Å². The number of hydrogen-bond donors (Lipinski definition) is 0. The van der Waals surface area contributed by atoms with Gasteiger partial charge in [-0.1, -0.05) is 26.0 Å². The van der Waals surface area contributed by atoms with Crippen LogP contribution in [0.1, 0.15) is 66.2 Å². The third-order valence-corrected chi connectivity index (χ3v) is 4.87. The fourth-order valence-electron chi connectivity index (χ4n) is 3.19. The van der Waals surface area contributed by atoms with Crippen LogP contribution in [0, 0.1) is 11.8 Å². The molecule has 0 heterocycles. The smallest absolute Gasteiger partial charge is 0.0764 e. The molecule has 2 rings (SSSR count). The predicted molar refractivity (Wildman–Crippen MR) is 82.2 cm³/mol. The monoisotopic (exact) mass is 262 g/mol. The van der Waals surface area contributed by atoms with E-state index < -0.39 is 0 Å². The van der Waals surface area contributed by atoms with Crippen molar-refractivity contribution in [3.63, 3.8) is 0 Å². The Balaban J connectivity index is 1.86. The largest absolute Gasteiger partial charge is 0.367 e. The van der Waals surface area contributed by atoms with Gasteiger partial charge in [-0.25, -0.2) is 0 Å². The maximum absolute atomic E-state index is 6.26. The summed E-state index contributed by atoms with van der Waals surface area (Å²) in [6.07, 6.45) is 13.0. The van der Waals surface area contributed by atoms with Crippen LogP contribution in [-0.4, -0.2) is 12.2 Å². The maximum atomic E-state index is 6.26. The standard InChI is InChI=1S/C18H30O/c1-13-5-9-17(10-6-13)15(3)19-16(4)18-11-7-14(2)8-12-18/h9,11,13-16H,5-8,10,12H2,1-4H3. The van der Waals surface area contributed by atoms with Crippen LogP contribution in [0.5, 0.6) is 0 Å². The zero-order valence-corrected chi connectivity index (χ0v) is 13.1. The molecule has 1 heteroatoms. The van der Waals surface area contributed by atoms with E-state index in [0.717, 1.165) is 11.8 Å². The zero-order chi connectivity index (χ0) is 13.8. The van der Waals surface area contributed by atoms with Crippen LogP contribution in [0.3, 0.4) is 0 Å². The van der Waals surface area contributed by atoms with Gasteiger partial charge in [0, 0.05) is 0 Å². The molecule has 108 valence electrons. The van der Waals surface area contributed by atoms with Gasteiger partial charge < -0.3 is 4.74 Å². The molecule has 0 radical (unpaired) electrons. The van der Waals surface area contributed by atoms with Crippen LogP contribution >= 0.6 is 0 Å². The first-order valence-corrected chi connectivity index (χ1v) is 8.09. The molecule has 0 aromatic carbocycles. The van der Waals surface area contributed by atoms with Crippen LogP contribution < -0.4 is 0 Å². The Morgan fingerprint density at radius 3 is 1.63 bits per heavy atom. The van der Waals surface area contributed by atoms with E-state index in [2.05, 4.69) is 39.8 Å². The molecule has 0 bridgehead atoms. The lowest BCUT2D eigenvalue weighted by Gasteiger charge is -2.29. The molecular formula is C18H30O. The molecule has 0 aromatic rings. The van der Waals surface area contributed by atoms with Crippen molar-refractivity contribution in [2.45, 2.75) is 78.4 Å². The molecule has 19 heavy (non-hydrogen) atoms. The average Bonchev–Trinajstić information content (AvgIpc) is 2.40. The Bertz CT molecular complexity index is 319. The number of allylic oxidation sites excluding steroid dienone is 2. The summed E-state index contributed by atoms with van der Waals surface area (Å²) in [5, 5.41) is 0.